The summed E-state index contributed by atoms with van der Waals surface area (Å²) in [5.74, 6) is -1.14. The molecule has 29 heavy (non-hydrogen) atoms. The van der Waals surface area contributed by atoms with Crippen LogP contribution in [-0.2, 0) is 6.18 Å². The number of amides is 1. The third kappa shape index (κ3) is 3.73. The van der Waals surface area contributed by atoms with Gasteiger partial charge in [-0.15, -0.1) is 0 Å². The number of para-hydroxylation sites is 1. The number of hydrogen-bond acceptors (Lipinski definition) is 4. The van der Waals surface area contributed by atoms with Gasteiger partial charge >= 0.3 is 6.18 Å². The van der Waals surface area contributed by atoms with Crippen molar-refractivity contribution in [3.8, 4) is 0 Å². The lowest BCUT2D eigenvalue weighted by atomic mass is 9.92. The van der Waals surface area contributed by atoms with Gasteiger partial charge in [-0.25, -0.2) is 9.82 Å². The van der Waals surface area contributed by atoms with Crippen LogP contribution in [0.5, 0.6) is 0 Å². The Balaban J connectivity index is 1.49. The SMILES string of the molecule is O=C(N[C@@H]1C=CC=C2C1CNN2c1ccccc1F)c1ccc(C(F)(F)F)cn1. The summed E-state index contributed by atoms with van der Waals surface area (Å²) < 4.78 is 52.1. The van der Waals surface area contributed by atoms with Gasteiger partial charge in [0.15, 0.2) is 0 Å². The topological polar surface area (TPSA) is 57.3 Å². The molecule has 1 fully saturated rings. The molecule has 1 aliphatic heterocycles. The van der Waals surface area contributed by atoms with Gasteiger partial charge in [0.1, 0.15) is 11.5 Å². The number of alkyl halides is 3. The first-order valence-corrected chi connectivity index (χ1v) is 8.85. The molecule has 0 saturated carbocycles. The fourth-order valence-corrected chi connectivity index (χ4v) is 3.40. The molecule has 1 aliphatic carbocycles. The Kier molecular flexibility index (Phi) is 4.83. The molecule has 2 atom stereocenters. The van der Waals surface area contributed by atoms with E-state index in [1.54, 1.807) is 35.4 Å². The van der Waals surface area contributed by atoms with Gasteiger partial charge in [-0.2, -0.15) is 13.2 Å². The van der Waals surface area contributed by atoms with Crippen molar-refractivity contribution < 1.29 is 22.4 Å². The van der Waals surface area contributed by atoms with E-state index in [1.165, 1.54) is 6.07 Å². The third-order valence-corrected chi connectivity index (χ3v) is 4.84. The maximum Gasteiger partial charge on any atom is 0.417 e. The van der Waals surface area contributed by atoms with Crippen molar-refractivity contribution in [3.63, 3.8) is 0 Å². The zero-order valence-electron chi connectivity index (χ0n) is 14.9. The van der Waals surface area contributed by atoms with Gasteiger partial charge in [-0.1, -0.05) is 24.3 Å². The number of rotatable bonds is 3. The molecule has 9 heteroatoms. The number of pyridine rings is 1. The summed E-state index contributed by atoms with van der Waals surface area (Å²) in [5.41, 5.74) is 3.23. The van der Waals surface area contributed by atoms with Crippen LogP contribution >= 0.6 is 0 Å². The van der Waals surface area contributed by atoms with Crippen molar-refractivity contribution in [2.45, 2.75) is 12.2 Å². The number of allylic oxidation sites excluding steroid dienone is 2. The predicted molar refractivity (Wildman–Crippen MR) is 98.1 cm³/mol. The Labute approximate surface area is 163 Å². The second-order valence-electron chi connectivity index (χ2n) is 6.66. The minimum Gasteiger partial charge on any atom is -0.344 e. The van der Waals surface area contributed by atoms with E-state index in [-0.39, 0.29) is 17.4 Å². The highest BCUT2D eigenvalue weighted by atomic mass is 19.4. The maximum atomic E-state index is 14.2. The molecular weight excluding hydrogens is 388 g/mol. The number of nitrogens with zero attached hydrogens (tertiary/aromatic N) is 2. The molecule has 1 saturated heterocycles. The molecule has 0 spiro atoms. The lowest BCUT2D eigenvalue weighted by Crippen LogP contribution is -2.41. The second kappa shape index (κ2) is 7.32. The summed E-state index contributed by atoms with van der Waals surface area (Å²) in [5, 5.41) is 4.42. The quantitative estimate of drug-likeness (QED) is 0.770. The van der Waals surface area contributed by atoms with Crippen LogP contribution in [-0.4, -0.2) is 23.5 Å². The minimum absolute atomic E-state index is 0.112. The van der Waals surface area contributed by atoms with E-state index < -0.39 is 23.7 Å². The molecule has 150 valence electrons. The number of hydrazine groups is 1. The predicted octanol–water partition coefficient (Wildman–Crippen LogP) is 3.43. The molecule has 2 heterocycles. The molecular formula is C20H16F4N4O. The molecule has 0 radical (unpaired) electrons. The van der Waals surface area contributed by atoms with Crippen LogP contribution in [0.3, 0.4) is 0 Å². The zero-order chi connectivity index (χ0) is 20.6. The van der Waals surface area contributed by atoms with Crippen LogP contribution in [0, 0.1) is 11.7 Å². The van der Waals surface area contributed by atoms with Crippen molar-refractivity contribution >= 4 is 11.6 Å². The standard InChI is InChI=1S/C20H16F4N4O/c21-14-4-1-2-6-18(14)28-17-7-3-5-15(13(17)11-26-28)27-19(29)16-9-8-12(10-25-16)20(22,23)24/h1-10,13,15,26H,11H2,(H,27,29)/t13?,15-/m1/s1. The average molecular weight is 404 g/mol. The smallest absolute Gasteiger partial charge is 0.344 e. The second-order valence-corrected chi connectivity index (χ2v) is 6.66. The molecule has 1 aromatic carbocycles. The molecule has 2 aromatic rings. The molecule has 2 aliphatic rings. The van der Waals surface area contributed by atoms with E-state index in [4.69, 9.17) is 0 Å². The number of carbonyl (C=O) groups is 1. The maximum absolute atomic E-state index is 14.2. The summed E-state index contributed by atoms with van der Waals surface area (Å²) >= 11 is 0. The lowest BCUT2D eigenvalue weighted by Gasteiger charge is -2.27. The first-order valence-electron chi connectivity index (χ1n) is 8.85. The first-order chi connectivity index (χ1) is 13.8. The highest BCUT2D eigenvalue weighted by Crippen LogP contribution is 2.33. The summed E-state index contributed by atoms with van der Waals surface area (Å²) in [7, 11) is 0. The number of aromatic nitrogens is 1. The van der Waals surface area contributed by atoms with Crippen LogP contribution in [0.2, 0.25) is 0 Å². The average Bonchev–Trinajstić information content (AvgIpc) is 3.13. The van der Waals surface area contributed by atoms with Gasteiger partial charge in [0, 0.05) is 24.4 Å². The number of fused-ring (bicyclic) bond motifs is 1. The van der Waals surface area contributed by atoms with Crippen LogP contribution in [0.4, 0.5) is 23.2 Å². The number of anilines is 1. The number of carbonyl (C=O) groups excluding carboxylic acids is 1. The van der Waals surface area contributed by atoms with Crippen LogP contribution in [0.1, 0.15) is 16.1 Å². The molecule has 1 unspecified atom stereocenters. The Morgan fingerprint density at radius 2 is 2.00 bits per heavy atom. The highest BCUT2D eigenvalue weighted by molar-refractivity contribution is 5.92. The molecule has 1 aromatic heterocycles. The van der Waals surface area contributed by atoms with E-state index in [2.05, 4.69) is 15.7 Å². The van der Waals surface area contributed by atoms with Gasteiger partial charge in [-0.05, 0) is 30.3 Å². The summed E-state index contributed by atoms with van der Waals surface area (Å²) in [6.07, 6.45) is 1.48. The van der Waals surface area contributed by atoms with Gasteiger partial charge in [0.2, 0.25) is 0 Å². The molecule has 2 N–H and O–H groups in total. The summed E-state index contributed by atoms with van der Waals surface area (Å²) in [6.45, 7) is 0.454. The number of nitrogens with one attached hydrogen (secondary N) is 2. The van der Waals surface area contributed by atoms with Crippen molar-refractivity contribution in [3.05, 3.63) is 83.6 Å². The van der Waals surface area contributed by atoms with Crippen molar-refractivity contribution in [1.29, 1.82) is 0 Å². The van der Waals surface area contributed by atoms with Gasteiger partial charge < -0.3 is 5.32 Å². The molecule has 0 bridgehead atoms. The van der Waals surface area contributed by atoms with Crippen molar-refractivity contribution in [2.75, 3.05) is 11.6 Å². The van der Waals surface area contributed by atoms with Crippen molar-refractivity contribution in [2.24, 2.45) is 5.92 Å². The van der Waals surface area contributed by atoms with Crippen LogP contribution in [0.25, 0.3) is 0 Å². The van der Waals surface area contributed by atoms with Gasteiger partial charge in [-0.3, -0.25) is 14.8 Å². The van der Waals surface area contributed by atoms with Gasteiger partial charge in [0.05, 0.1) is 17.3 Å². The van der Waals surface area contributed by atoms with Crippen LogP contribution in [0.15, 0.2) is 66.5 Å². The molecule has 4 rings (SSSR count). The Morgan fingerprint density at radius 1 is 1.21 bits per heavy atom. The van der Waals surface area contributed by atoms with Gasteiger partial charge in [0.25, 0.3) is 5.91 Å². The zero-order valence-corrected chi connectivity index (χ0v) is 14.9. The minimum atomic E-state index is -4.51. The number of halogens is 4. The summed E-state index contributed by atoms with van der Waals surface area (Å²) in [4.78, 5) is 16.1. The lowest BCUT2D eigenvalue weighted by molar-refractivity contribution is -0.137. The highest BCUT2D eigenvalue weighted by Gasteiger charge is 2.37. The third-order valence-electron chi connectivity index (χ3n) is 4.84. The normalized spacial score (nSPS) is 21.0. The van der Waals surface area contributed by atoms with Crippen LogP contribution < -0.4 is 15.8 Å². The fourth-order valence-electron chi connectivity index (χ4n) is 3.40. The monoisotopic (exact) mass is 404 g/mol. The summed E-state index contributed by atoms with van der Waals surface area (Å²) in [6, 6.07) is 7.77. The van der Waals surface area contributed by atoms with E-state index in [9.17, 15) is 22.4 Å². The largest absolute Gasteiger partial charge is 0.417 e. The number of hydrogen-bond donors (Lipinski definition) is 2. The van der Waals surface area contributed by atoms with E-state index in [1.807, 2.05) is 6.08 Å². The molecule has 5 nitrogen and oxygen atoms in total. The Bertz CT molecular complexity index is 985. The van der Waals surface area contributed by atoms with E-state index in [0.29, 0.717) is 18.4 Å². The van der Waals surface area contributed by atoms with Crippen molar-refractivity contribution in [1.82, 2.24) is 15.7 Å². The van der Waals surface area contributed by atoms with E-state index in [0.717, 1.165) is 17.8 Å². The Morgan fingerprint density at radius 3 is 2.69 bits per heavy atom. The number of benzene rings is 1. The fraction of sp³-hybridized carbons (Fsp3) is 0.200. The molecule has 1 amide bonds. The Hall–Kier alpha value is -3.20. The van der Waals surface area contributed by atoms with E-state index >= 15 is 0 Å². The first kappa shape index (κ1) is 19.1.